The average Bonchev–Trinajstić information content (AvgIpc) is 3.12. The van der Waals surface area contributed by atoms with E-state index in [0.29, 0.717) is 11.6 Å². The second-order valence-electron chi connectivity index (χ2n) is 9.83. The van der Waals surface area contributed by atoms with Crippen molar-refractivity contribution in [3.05, 3.63) is 77.0 Å². The van der Waals surface area contributed by atoms with Gasteiger partial charge in [-0.05, 0) is 65.6 Å². The summed E-state index contributed by atoms with van der Waals surface area (Å²) in [6.07, 6.45) is -2.77. The summed E-state index contributed by atoms with van der Waals surface area (Å²) < 4.78 is 41.6. The number of aromatic nitrogens is 1. The molecular formula is C27H29F3N2O. The molecule has 6 heteroatoms. The van der Waals surface area contributed by atoms with Gasteiger partial charge >= 0.3 is 6.18 Å². The Hall–Kier alpha value is -3.02. The lowest BCUT2D eigenvalue weighted by Crippen LogP contribution is -2.20. The predicted molar refractivity (Wildman–Crippen MR) is 126 cm³/mol. The molecule has 1 heterocycles. The number of hydrogen-bond acceptors (Lipinski definition) is 2. The van der Waals surface area contributed by atoms with E-state index < -0.39 is 11.7 Å². The minimum atomic E-state index is -4.37. The van der Waals surface area contributed by atoms with Gasteiger partial charge in [-0.1, -0.05) is 57.1 Å². The molecule has 1 aliphatic carbocycles. The Morgan fingerprint density at radius 2 is 1.52 bits per heavy atom. The van der Waals surface area contributed by atoms with Gasteiger partial charge in [0, 0.05) is 16.9 Å². The summed E-state index contributed by atoms with van der Waals surface area (Å²) in [5.74, 6) is 0.339. The molecule has 33 heavy (non-hydrogen) atoms. The fraction of sp³-hybridized carbons (Fsp3) is 0.370. The Labute approximate surface area is 192 Å². The molecule has 0 radical (unpaired) electrons. The fourth-order valence-corrected chi connectivity index (χ4v) is 4.49. The quantitative estimate of drug-likeness (QED) is 0.379. The van der Waals surface area contributed by atoms with E-state index in [-0.39, 0.29) is 5.41 Å². The molecule has 3 nitrogen and oxygen atoms in total. The van der Waals surface area contributed by atoms with Crippen LogP contribution in [0.25, 0.3) is 16.9 Å². The summed E-state index contributed by atoms with van der Waals surface area (Å²) in [5, 5.41) is 4.26. The van der Waals surface area contributed by atoms with Crippen molar-refractivity contribution in [2.45, 2.75) is 52.1 Å². The zero-order chi connectivity index (χ0) is 24.0. The van der Waals surface area contributed by atoms with Gasteiger partial charge < -0.3 is 9.40 Å². The van der Waals surface area contributed by atoms with Gasteiger partial charge in [0.1, 0.15) is 7.11 Å². The Bertz CT molecular complexity index is 1160. The Balaban J connectivity index is 1.91. The van der Waals surface area contributed by atoms with E-state index in [1.165, 1.54) is 12.7 Å². The van der Waals surface area contributed by atoms with Crippen LogP contribution in [0.2, 0.25) is 0 Å². The highest BCUT2D eigenvalue weighted by Crippen LogP contribution is 2.37. The van der Waals surface area contributed by atoms with Crippen molar-refractivity contribution in [3.63, 3.8) is 0 Å². The molecule has 0 saturated carbocycles. The van der Waals surface area contributed by atoms with Crippen LogP contribution in [0.5, 0.6) is 0 Å². The first-order valence-electron chi connectivity index (χ1n) is 11.1. The third-order valence-corrected chi connectivity index (χ3v) is 6.20. The van der Waals surface area contributed by atoms with E-state index in [9.17, 15) is 13.2 Å². The lowest BCUT2D eigenvalue weighted by Gasteiger charge is -2.23. The van der Waals surface area contributed by atoms with Crippen LogP contribution >= 0.6 is 0 Å². The van der Waals surface area contributed by atoms with Crippen molar-refractivity contribution in [2.75, 3.05) is 7.11 Å². The first kappa shape index (κ1) is 23.1. The molecule has 4 rings (SSSR count). The van der Waals surface area contributed by atoms with E-state index >= 15 is 0 Å². The molecule has 0 saturated heterocycles. The molecule has 3 aromatic rings. The van der Waals surface area contributed by atoms with Crippen LogP contribution in [0.15, 0.2) is 59.8 Å². The van der Waals surface area contributed by atoms with Crippen LogP contribution in [0.4, 0.5) is 13.2 Å². The van der Waals surface area contributed by atoms with E-state index in [2.05, 4.69) is 67.7 Å². The van der Waals surface area contributed by atoms with Crippen LogP contribution in [-0.2, 0) is 22.8 Å². The summed E-state index contributed by atoms with van der Waals surface area (Å²) in [7, 11) is 1.53. The van der Waals surface area contributed by atoms with Crippen molar-refractivity contribution in [2.24, 2.45) is 11.1 Å². The molecule has 0 unspecified atom stereocenters. The third-order valence-electron chi connectivity index (χ3n) is 6.20. The van der Waals surface area contributed by atoms with Crippen molar-refractivity contribution in [1.82, 2.24) is 4.57 Å². The summed E-state index contributed by atoms with van der Waals surface area (Å²) in [4.78, 5) is 5.11. The number of hydrogen-bond donors (Lipinski definition) is 0. The Kier molecular flexibility index (Phi) is 5.89. The van der Waals surface area contributed by atoms with Crippen LogP contribution in [0.3, 0.4) is 0 Å². The maximum Gasteiger partial charge on any atom is 0.416 e. The lowest BCUT2D eigenvalue weighted by molar-refractivity contribution is -0.137. The number of halogens is 3. The molecule has 0 bridgehead atoms. The van der Waals surface area contributed by atoms with E-state index in [1.807, 2.05) is 0 Å². The predicted octanol–water partition coefficient (Wildman–Crippen LogP) is 7.39. The molecule has 0 spiro atoms. The molecule has 174 valence electrons. The van der Waals surface area contributed by atoms with Crippen LogP contribution in [0.1, 0.15) is 56.5 Å². The van der Waals surface area contributed by atoms with Crippen molar-refractivity contribution < 1.29 is 18.0 Å². The second kappa shape index (κ2) is 8.40. The molecule has 1 aromatic heterocycles. The van der Waals surface area contributed by atoms with Crippen LogP contribution in [0, 0.1) is 5.92 Å². The largest absolute Gasteiger partial charge is 0.416 e. The van der Waals surface area contributed by atoms with Crippen molar-refractivity contribution in [3.8, 4) is 16.9 Å². The van der Waals surface area contributed by atoms with Crippen LogP contribution in [-0.4, -0.2) is 17.4 Å². The van der Waals surface area contributed by atoms with Gasteiger partial charge in [-0.25, -0.2) is 0 Å². The molecule has 1 aliphatic rings. The summed E-state index contributed by atoms with van der Waals surface area (Å²) in [6.45, 7) is 8.65. The van der Waals surface area contributed by atoms with Gasteiger partial charge in [0.25, 0.3) is 0 Å². The molecule has 0 amide bonds. The summed E-state index contributed by atoms with van der Waals surface area (Å²) in [6, 6.07) is 15.9. The van der Waals surface area contributed by atoms with Gasteiger partial charge in [-0.3, -0.25) is 0 Å². The number of oxime groups is 1. The van der Waals surface area contributed by atoms with Gasteiger partial charge in [-0.15, -0.1) is 0 Å². The molecule has 0 fully saturated rings. The molecule has 1 atom stereocenters. The lowest BCUT2D eigenvalue weighted by atomic mass is 9.86. The fourth-order valence-electron chi connectivity index (χ4n) is 4.49. The van der Waals surface area contributed by atoms with Crippen molar-refractivity contribution in [1.29, 1.82) is 0 Å². The van der Waals surface area contributed by atoms with Gasteiger partial charge in [0.2, 0.25) is 0 Å². The highest BCUT2D eigenvalue weighted by molar-refractivity contribution is 6.03. The zero-order valence-electron chi connectivity index (χ0n) is 19.6. The second-order valence-corrected chi connectivity index (χ2v) is 9.83. The number of alkyl halides is 3. The molecule has 0 aliphatic heterocycles. The molecule has 0 N–H and O–H groups in total. The minimum absolute atomic E-state index is 0.0287. The molecule has 2 aromatic carbocycles. The zero-order valence-corrected chi connectivity index (χ0v) is 19.6. The number of fused-ring (bicyclic) bond motifs is 1. The standard InChI is InChI=1S/C27H29F3N2O/c1-17-14-23(31-33-5)22-16-24(18-6-8-19(9-7-18)26(2,3)4)32(25(22)15-17)21-12-10-20(11-13-21)27(28,29)30/h6-13,16-17H,14-15H2,1-5H3/b31-23-/t17-/m0/s1. The maximum absolute atomic E-state index is 13.2. The topological polar surface area (TPSA) is 26.5 Å². The first-order chi connectivity index (χ1) is 15.5. The average molecular weight is 455 g/mol. The van der Waals surface area contributed by atoms with Gasteiger partial charge in [-0.2, -0.15) is 13.2 Å². The summed E-state index contributed by atoms with van der Waals surface area (Å²) >= 11 is 0. The third kappa shape index (κ3) is 4.56. The first-order valence-corrected chi connectivity index (χ1v) is 11.1. The van der Waals surface area contributed by atoms with Crippen molar-refractivity contribution >= 4 is 5.71 Å². The molecular weight excluding hydrogens is 425 g/mol. The highest BCUT2D eigenvalue weighted by Gasteiger charge is 2.31. The van der Waals surface area contributed by atoms with Gasteiger partial charge in [0.15, 0.2) is 0 Å². The number of rotatable bonds is 3. The normalized spacial score (nSPS) is 17.8. The van der Waals surface area contributed by atoms with Gasteiger partial charge in [0.05, 0.1) is 17.0 Å². The summed E-state index contributed by atoms with van der Waals surface area (Å²) in [5.41, 5.74) is 6.12. The van der Waals surface area contributed by atoms with E-state index in [0.717, 1.165) is 53.2 Å². The Morgan fingerprint density at radius 3 is 2.06 bits per heavy atom. The number of nitrogens with zero attached hydrogens (tertiary/aromatic N) is 2. The monoisotopic (exact) mass is 454 g/mol. The van der Waals surface area contributed by atoms with E-state index in [1.54, 1.807) is 12.1 Å². The highest BCUT2D eigenvalue weighted by atomic mass is 19.4. The number of benzene rings is 2. The SMILES string of the molecule is CO/N=C1/C[C@H](C)Cc2c1cc(-c1ccc(C(C)(C)C)cc1)n2-c1ccc(C(F)(F)F)cc1. The smallest absolute Gasteiger partial charge is 0.399 e. The maximum atomic E-state index is 13.2. The Morgan fingerprint density at radius 1 is 0.909 bits per heavy atom. The minimum Gasteiger partial charge on any atom is -0.399 e. The van der Waals surface area contributed by atoms with E-state index in [4.69, 9.17) is 4.84 Å². The van der Waals surface area contributed by atoms with Crippen LogP contribution < -0.4 is 0 Å².